The van der Waals surface area contributed by atoms with Crippen LogP contribution in [-0.4, -0.2) is 5.75 Å². The van der Waals surface area contributed by atoms with Crippen molar-refractivity contribution in [1.82, 2.24) is 0 Å². The van der Waals surface area contributed by atoms with E-state index in [0.717, 1.165) is 4.47 Å². The van der Waals surface area contributed by atoms with Crippen LogP contribution in [-0.2, 0) is 6.54 Å². The van der Waals surface area contributed by atoms with Crippen molar-refractivity contribution in [2.75, 3.05) is 5.75 Å². The fourth-order valence-electron chi connectivity index (χ4n) is 1.33. The van der Waals surface area contributed by atoms with Crippen molar-refractivity contribution in [3.8, 4) is 0 Å². The molecule has 0 fully saturated rings. The Hall–Kier alpha value is 0.01000. The van der Waals surface area contributed by atoms with Gasteiger partial charge in [0.15, 0.2) is 0 Å². The average molecular weight is 288 g/mol. The summed E-state index contributed by atoms with van der Waals surface area (Å²) in [5.41, 5.74) is 6.78. The van der Waals surface area contributed by atoms with Gasteiger partial charge in [0.05, 0.1) is 0 Å². The molecule has 0 bridgehead atoms. The van der Waals surface area contributed by atoms with E-state index in [-0.39, 0.29) is 0 Å². The number of halogens is 1. The van der Waals surface area contributed by atoms with Crippen LogP contribution in [0.25, 0.3) is 0 Å². The predicted octanol–water partition coefficient (Wildman–Crippen LogP) is 4.19. The molecule has 1 nitrogen and oxygen atoms in total. The molecule has 0 saturated heterocycles. The Labute approximate surface area is 105 Å². The summed E-state index contributed by atoms with van der Waals surface area (Å²) < 4.78 is 1.13. The Morgan fingerprint density at radius 1 is 1.33 bits per heavy atom. The Kier molecular flexibility index (Phi) is 6.37. The van der Waals surface area contributed by atoms with Crippen molar-refractivity contribution in [3.05, 3.63) is 28.2 Å². The molecule has 0 radical (unpaired) electrons. The zero-order valence-corrected chi connectivity index (χ0v) is 11.5. The van der Waals surface area contributed by atoms with Crippen LogP contribution in [0, 0.1) is 0 Å². The highest BCUT2D eigenvalue weighted by Gasteiger charge is 2.00. The summed E-state index contributed by atoms with van der Waals surface area (Å²) in [5, 5.41) is 0. The van der Waals surface area contributed by atoms with Crippen molar-refractivity contribution in [2.24, 2.45) is 5.73 Å². The molecular formula is C12H18BrNS. The standard InChI is InChI=1S/C12H18BrNS/c1-2-3-4-7-15-11-6-5-10(9-14)12(13)8-11/h5-6,8H,2-4,7,9,14H2,1H3. The lowest BCUT2D eigenvalue weighted by molar-refractivity contribution is 0.778. The van der Waals surface area contributed by atoms with Crippen molar-refractivity contribution in [2.45, 2.75) is 37.6 Å². The average Bonchev–Trinajstić information content (AvgIpc) is 2.25. The molecule has 0 saturated carbocycles. The topological polar surface area (TPSA) is 26.0 Å². The summed E-state index contributed by atoms with van der Waals surface area (Å²) in [4.78, 5) is 1.33. The first-order valence-corrected chi connectivity index (χ1v) is 7.17. The third-order valence-corrected chi connectivity index (χ3v) is 4.08. The maximum atomic E-state index is 5.60. The molecule has 0 heterocycles. The van der Waals surface area contributed by atoms with Gasteiger partial charge >= 0.3 is 0 Å². The van der Waals surface area contributed by atoms with E-state index in [9.17, 15) is 0 Å². The Morgan fingerprint density at radius 2 is 2.13 bits per heavy atom. The number of unbranched alkanes of at least 4 members (excludes halogenated alkanes) is 2. The third kappa shape index (κ3) is 4.58. The van der Waals surface area contributed by atoms with Crippen LogP contribution in [0.15, 0.2) is 27.6 Å². The summed E-state index contributed by atoms with van der Waals surface area (Å²) in [5.74, 6) is 1.21. The second-order valence-electron chi connectivity index (χ2n) is 3.51. The zero-order valence-electron chi connectivity index (χ0n) is 9.13. The highest BCUT2D eigenvalue weighted by molar-refractivity contribution is 9.10. The molecule has 1 aromatic rings. The van der Waals surface area contributed by atoms with Crippen LogP contribution in [0.5, 0.6) is 0 Å². The van der Waals surface area contributed by atoms with Crippen molar-refractivity contribution in [1.29, 1.82) is 0 Å². The SMILES string of the molecule is CCCCCSc1ccc(CN)c(Br)c1. The van der Waals surface area contributed by atoms with Gasteiger partial charge in [0, 0.05) is 15.9 Å². The van der Waals surface area contributed by atoms with Gasteiger partial charge in [-0.05, 0) is 29.9 Å². The van der Waals surface area contributed by atoms with Crippen LogP contribution in [0.2, 0.25) is 0 Å². The Balaban J connectivity index is 2.45. The molecule has 3 heteroatoms. The second kappa shape index (κ2) is 7.31. The minimum absolute atomic E-state index is 0.599. The van der Waals surface area contributed by atoms with E-state index in [4.69, 9.17) is 5.73 Å². The molecule has 0 aliphatic heterocycles. The quantitative estimate of drug-likeness (QED) is 0.627. The van der Waals surface area contributed by atoms with E-state index < -0.39 is 0 Å². The minimum Gasteiger partial charge on any atom is -0.326 e. The van der Waals surface area contributed by atoms with Gasteiger partial charge in [0.25, 0.3) is 0 Å². The predicted molar refractivity (Wildman–Crippen MR) is 72.3 cm³/mol. The van der Waals surface area contributed by atoms with Gasteiger partial charge in [0.1, 0.15) is 0 Å². The number of benzene rings is 1. The normalized spacial score (nSPS) is 10.6. The largest absolute Gasteiger partial charge is 0.326 e. The summed E-state index contributed by atoms with van der Waals surface area (Å²) in [6.07, 6.45) is 3.92. The summed E-state index contributed by atoms with van der Waals surface area (Å²) >= 11 is 5.46. The number of thioether (sulfide) groups is 1. The molecule has 0 unspecified atom stereocenters. The molecule has 0 atom stereocenters. The summed E-state index contributed by atoms with van der Waals surface area (Å²) in [7, 11) is 0. The Bertz CT molecular complexity index is 302. The lowest BCUT2D eigenvalue weighted by atomic mass is 10.2. The number of hydrogen-bond acceptors (Lipinski definition) is 2. The Morgan fingerprint density at radius 3 is 2.73 bits per heavy atom. The molecule has 2 N–H and O–H groups in total. The van der Waals surface area contributed by atoms with Gasteiger partial charge in [-0.2, -0.15) is 0 Å². The first-order chi connectivity index (χ1) is 7.27. The summed E-state index contributed by atoms with van der Waals surface area (Å²) in [6.45, 7) is 2.83. The maximum absolute atomic E-state index is 5.60. The van der Waals surface area contributed by atoms with Crippen LogP contribution in [0.3, 0.4) is 0 Å². The van der Waals surface area contributed by atoms with Crippen LogP contribution < -0.4 is 5.73 Å². The van der Waals surface area contributed by atoms with Gasteiger partial charge in [-0.3, -0.25) is 0 Å². The van der Waals surface area contributed by atoms with Crippen molar-refractivity contribution < 1.29 is 0 Å². The van der Waals surface area contributed by atoms with Crippen molar-refractivity contribution in [3.63, 3.8) is 0 Å². The number of rotatable bonds is 6. The molecule has 0 amide bonds. The van der Waals surface area contributed by atoms with E-state index >= 15 is 0 Å². The first kappa shape index (κ1) is 13.1. The van der Waals surface area contributed by atoms with E-state index in [1.54, 1.807) is 0 Å². The zero-order chi connectivity index (χ0) is 11.1. The number of hydrogen-bond donors (Lipinski definition) is 1. The molecule has 84 valence electrons. The van der Waals surface area contributed by atoms with E-state index in [2.05, 4.69) is 41.1 Å². The van der Waals surface area contributed by atoms with Crippen molar-refractivity contribution >= 4 is 27.7 Å². The molecule has 1 aromatic carbocycles. The van der Waals surface area contributed by atoms with Gasteiger partial charge in [-0.15, -0.1) is 11.8 Å². The molecule has 0 aliphatic rings. The van der Waals surface area contributed by atoms with Gasteiger partial charge in [-0.1, -0.05) is 41.8 Å². The molecule has 0 aromatic heterocycles. The van der Waals surface area contributed by atoms with E-state index in [1.807, 2.05) is 11.8 Å². The van der Waals surface area contributed by atoms with E-state index in [1.165, 1.54) is 35.5 Å². The minimum atomic E-state index is 0.599. The van der Waals surface area contributed by atoms with Crippen LogP contribution in [0.1, 0.15) is 31.7 Å². The lowest BCUT2D eigenvalue weighted by Crippen LogP contribution is -1.96. The van der Waals surface area contributed by atoms with Crippen LogP contribution in [0.4, 0.5) is 0 Å². The number of nitrogens with two attached hydrogens (primary N) is 1. The molecule has 1 rings (SSSR count). The van der Waals surface area contributed by atoms with Gasteiger partial charge in [0.2, 0.25) is 0 Å². The van der Waals surface area contributed by atoms with Gasteiger partial charge in [-0.25, -0.2) is 0 Å². The fourth-order valence-corrected chi connectivity index (χ4v) is 2.97. The first-order valence-electron chi connectivity index (χ1n) is 5.39. The smallest absolute Gasteiger partial charge is 0.0231 e. The summed E-state index contributed by atoms with van der Waals surface area (Å²) in [6, 6.07) is 6.43. The molecule has 15 heavy (non-hydrogen) atoms. The second-order valence-corrected chi connectivity index (χ2v) is 5.54. The molecule has 0 aliphatic carbocycles. The molecule has 0 spiro atoms. The van der Waals surface area contributed by atoms with Gasteiger partial charge < -0.3 is 5.73 Å². The molecular weight excluding hydrogens is 270 g/mol. The fraction of sp³-hybridized carbons (Fsp3) is 0.500. The third-order valence-electron chi connectivity index (χ3n) is 2.26. The van der Waals surface area contributed by atoms with E-state index in [0.29, 0.717) is 6.54 Å². The highest BCUT2D eigenvalue weighted by atomic mass is 79.9. The maximum Gasteiger partial charge on any atom is 0.0231 e. The lowest BCUT2D eigenvalue weighted by Gasteiger charge is -2.05. The monoisotopic (exact) mass is 287 g/mol. The van der Waals surface area contributed by atoms with Crippen LogP contribution >= 0.6 is 27.7 Å². The highest BCUT2D eigenvalue weighted by Crippen LogP contribution is 2.25.